The summed E-state index contributed by atoms with van der Waals surface area (Å²) in [5.41, 5.74) is 0.474. The molecule has 0 amide bonds. The molecule has 2 aromatic rings. The number of hydrogen-bond donors (Lipinski definition) is 3. The predicted molar refractivity (Wildman–Crippen MR) is 147 cm³/mol. The first-order valence-electron chi connectivity index (χ1n) is 13.7. The van der Waals surface area contributed by atoms with E-state index >= 15 is 0 Å². The molecule has 2 aliphatic heterocycles. The molecular formula is C26H39ClN6O7. The molecular weight excluding hydrogens is 544 g/mol. The Bertz CT molecular complexity index is 1080. The second kappa shape index (κ2) is 16.4. The summed E-state index contributed by atoms with van der Waals surface area (Å²) < 4.78 is 29.0. The molecule has 0 unspecified atom stereocenters. The Morgan fingerprint density at radius 3 is 2.38 bits per heavy atom. The summed E-state index contributed by atoms with van der Waals surface area (Å²) in [5, 5.41) is 28.5. The van der Waals surface area contributed by atoms with Crippen LogP contribution < -0.4 is 5.32 Å². The van der Waals surface area contributed by atoms with Crippen molar-refractivity contribution in [2.75, 3.05) is 84.4 Å². The number of terminal acetylenes is 1. The van der Waals surface area contributed by atoms with E-state index in [1.54, 1.807) is 6.20 Å². The second-order valence-corrected chi connectivity index (χ2v) is 9.99. The summed E-state index contributed by atoms with van der Waals surface area (Å²) in [4.78, 5) is 11.1. The standard InChI is InChI=1S/C26H39ClN6O7/c1-2-8-36-10-12-38-14-15-39-13-11-37-9-7-32-5-3-19(4-6-32)29-23-21-17-28-33(24(21)31-26(27)30-23)25-22(35)16-20(18-34)40-25/h1,17,19-20,22,25,34-35H,3-16,18H2,(H,29,30,31)/t20-,22+,25+/m0/s1. The lowest BCUT2D eigenvalue weighted by atomic mass is 10.1. The number of anilines is 1. The van der Waals surface area contributed by atoms with Crippen molar-refractivity contribution in [2.45, 2.75) is 43.7 Å². The summed E-state index contributed by atoms with van der Waals surface area (Å²) >= 11 is 6.24. The van der Waals surface area contributed by atoms with Crippen molar-refractivity contribution < 1.29 is 33.9 Å². The van der Waals surface area contributed by atoms with E-state index in [-0.39, 0.29) is 17.9 Å². The minimum atomic E-state index is -0.804. The Hall–Kier alpha value is -2.12. The number of aromatic nitrogens is 4. The molecule has 0 aliphatic carbocycles. The van der Waals surface area contributed by atoms with Crippen molar-refractivity contribution in [1.29, 1.82) is 0 Å². The summed E-state index contributed by atoms with van der Waals surface area (Å²) in [5.74, 6) is 3.01. The maximum absolute atomic E-state index is 10.4. The molecule has 0 bridgehead atoms. The third-order valence-corrected chi connectivity index (χ3v) is 6.99. The lowest BCUT2D eigenvalue weighted by Crippen LogP contribution is -2.40. The maximum Gasteiger partial charge on any atom is 0.226 e. The highest BCUT2D eigenvalue weighted by Crippen LogP contribution is 2.32. The van der Waals surface area contributed by atoms with Gasteiger partial charge in [-0.25, -0.2) is 4.68 Å². The second-order valence-electron chi connectivity index (χ2n) is 9.66. The zero-order chi connectivity index (χ0) is 28.2. The van der Waals surface area contributed by atoms with Gasteiger partial charge in [0.05, 0.1) is 70.5 Å². The van der Waals surface area contributed by atoms with Gasteiger partial charge in [0.1, 0.15) is 18.5 Å². The molecule has 14 heteroatoms. The highest BCUT2D eigenvalue weighted by atomic mass is 35.5. The van der Waals surface area contributed by atoms with E-state index in [0.29, 0.717) is 76.1 Å². The molecule has 0 radical (unpaired) electrons. The van der Waals surface area contributed by atoms with Crippen LogP contribution in [-0.4, -0.2) is 132 Å². The monoisotopic (exact) mass is 582 g/mol. The number of likely N-dealkylation sites (tertiary alicyclic amines) is 1. The Kier molecular flexibility index (Phi) is 12.6. The molecule has 2 saturated heterocycles. The van der Waals surface area contributed by atoms with Gasteiger partial charge in [0.2, 0.25) is 5.28 Å². The van der Waals surface area contributed by atoms with Crippen molar-refractivity contribution in [3.8, 4) is 12.3 Å². The van der Waals surface area contributed by atoms with Crippen LogP contribution in [0.25, 0.3) is 11.0 Å². The van der Waals surface area contributed by atoms with E-state index in [4.69, 9.17) is 41.7 Å². The molecule has 4 rings (SSSR count). The lowest BCUT2D eigenvalue weighted by Gasteiger charge is -2.32. The van der Waals surface area contributed by atoms with Crippen LogP contribution in [0.5, 0.6) is 0 Å². The van der Waals surface area contributed by atoms with Gasteiger partial charge >= 0.3 is 0 Å². The van der Waals surface area contributed by atoms with E-state index < -0.39 is 18.4 Å². The molecule has 4 heterocycles. The van der Waals surface area contributed by atoms with E-state index in [0.717, 1.165) is 32.5 Å². The number of piperidine rings is 1. The van der Waals surface area contributed by atoms with Crippen molar-refractivity contribution >= 4 is 28.5 Å². The van der Waals surface area contributed by atoms with Crippen LogP contribution in [0.4, 0.5) is 5.82 Å². The van der Waals surface area contributed by atoms with Crippen molar-refractivity contribution in [3.05, 3.63) is 11.5 Å². The van der Waals surface area contributed by atoms with E-state index in [2.05, 4.69) is 31.2 Å². The SMILES string of the molecule is C#CCOCCOCCOCCOCCN1CCC(Nc2nc(Cl)nc3c2cnn3[C@@H]2O[C@H](CO)C[C@H]2O)CC1. The Labute approximate surface area is 239 Å². The zero-order valence-electron chi connectivity index (χ0n) is 22.6. The van der Waals surface area contributed by atoms with E-state index in [9.17, 15) is 10.2 Å². The maximum atomic E-state index is 10.4. The molecule has 2 fully saturated rings. The van der Waals surface area contributed by atoms with Crippen LogP contribution in [0.1, 0.15) is 25.5 Å². The first kappa shape index (κ1) is 30.8. The average molecular weight is 583 g/mol. The van der Waals surface area contributed by atoms with E-state index in [1.807, 2.05) is 0 Å². The first-order valence-corrected chi connectivity index (χ1v) is 14.0. The van der Waals surface area contributed by atoms with Crippen molar-refractivity contribution in [1.82, 2.24) is 24.6 Å². The number of nitrogens with zero attached hydrogens (tertiary/aromatic N) is 5. The molecule has 40 heavy (non-hydrogen) atoms. The number of halogens is 1. The summed E-state index contributed by atoms with van der Waals surface area (Å²) in [7, 11) is 0. The Morgan fingerprint density at radius 2 is 1.73 bits per heavy atom. The van der Waals surface area contributed by atoms with Gasteiger partial charge in [0, 0.05) is 32.1 Å². The van der Waals surface area contributed by atoms with Crippen LogP contribution in [-0.2, 0) is 23.7 Å². The Morgan fingerprint density at radius 1 is 1.05 bits per heavy atom. The topological polar surface area (TPSA) is 145 Å². The van der Waals surface area contributed by atoms with Gasteiger partial charge in [-0.15, -0.1) is 6.42 Å². The molecule has 3 N–H and O–H groups in total. The number of aliphatic hydroxyl groups excluding tert-OH is 2. The molecule has 2 aliphatic rings. The summed E-state index contributed by atoms with van der Waals surface area (Å²) in [6.45, 7) is 6.62. The number of ether oxygens (including phenoxy) is 5. The van der Waals surface area contributed by atoms with Crippen LogP contribution >= 0.6 is 11.6 Å². The van der Waals surface area contributed by atoms with Gasteiger partial charge < -0.3 is 44.1 Å². The third-order valence-electron chi connectivity index (χ3n) is 6.82. The van der Waals surface area contributed by atoms with Crippen molar-refractivity contribution in [3.63, 3.8) is 0 Å². The fraction of sp³-hybridized carbons (Fsp3) is 0.731. The average Bonchev–Trinajstić information content (AvgIpc) is 3.54. The normalized spacial score (nSPS) is 22.2. The fourth-order valence-electron chi connectivity index (χ4n) is 4.74. The highest BCUT2D eigenvalue weighted by molar-refractivity contribution is 6.28. The third kappa shape index (κ3) is 8.94. The molecule has 13 nitrogen and oxygen atoms in total. The highest BCUT2D eigenvalue weighted by Gasteiger charge is 2.36. The lowest BCUT2D eigenvalue weighted by molar-refractivity contribution is -0.0548. The van der Waals surface area contributed by atoms with Crippen LogP contribution in [0.2, 0.25) is 5.28 Å². The van der Waals surface area contributed by atoms with Gasteiger partial charge in [0.25, 0.3) is 0 Å². The molecule has 0 aromatic carbocycles. The molecule has 3 atom stereocenters. The van der Waals surface area contributed by atoms with E-state index in [1.165, 1.54) is 4.68 Å². The zero-order valence-corrected chi connectivity index (χ0v) is 23.4. The smallest absolute Gasteiger partial charge is 0.226 e. The number of nitrogens with one attached hydrogen (secondary N) is 1. The van der Waals surface area contributed by atoms with Crippen LogP contribution in [0.15, 0.2) is 6.20 Å². The molecule has 222 valence electrons. The largest absolute Gasteiger partial charge is 0.394 e. The van der Waals surface area contributed by atoms with Crippen molar-refractivity contribution in [2.24, 2.45) is 0 Å². The minimum Gasteiger partial charge on any atom is -0.394 e. The molecule has 0 saturated carbocycles. The summed E-state index contributed by atoms with van der Waals surface area (Å²) in [6, 6.07) is 0.223. The number of fused-ring (bicyclic) bond motifs is 1. The first-order chi connectivity index (χ1) is 19.6. The van der Waals surface area contributed by atoms with Gasteiger partial charge in [0.15, 0.2) is 11.9 Å². The van der Waals surface area contributed by atoms with Gasteiger partial charge in [-0.2, -0.15) is 15.1 Å². The molecule has 0 spiro atoms. The quantitative estimate of drug-likeness (QED) is 0.137. The summed E-state index contributed by atoms with van der Waals surface area (Å²) in [6.07, 6.45) is 6.97. The number of hydrogen-bond acceptors (Lipinski definition) is 12. The van der Waals surface area contributed by atoms with Gasteiger partial charge in [-0.1, -0.05) is 5.92 Å². The van der Waals surface area contributed by atoms with Crippen LogP contribution in [0.3, 0.4) is 0 Å². The van der Waals surface area contributed by atoms with Gasteiger partial charge in [-0.05, 0) is 24.4 Å². The predicted octanol–water partition coefficient (Wildman–Crippen LogP) is 0.696. The van der Waals surface area contributed by atoms with Crippen LogP contribution in [0, 0.1) is 12.3 Å². The number of aliphatic hydroxyl groups is 2. The molecule has 2 aromatic heterocycles. The Balaban J connectivity index is 1.12. The minimum absolute atomic E-state index is 0.0831. The fourth-order valence-corrected chi connectivity index (χ4v) is 4.91. The number of rotatable bonds is 17. The van der Waals surface area contributed by atoms with Gasteiger partial charge in [-0.3, -0.25) is 0 Å².